The summed E-state index contributed by atoms with van der Waals surface area (Å²) in [6.45, 7) is 2.15. The molecule has 1 aliphatic carbocycles. The summed E-state index contributed by atoms with van der Waals surface area (Å²) >= 11 is 0. The molecule has 1 saturated carbocycles. The molecule has 26 heavy (non-hydrogen) atoms. The van der Waals surface area contributed by atoms with Crippen molar-refractivity contribution >= 4 is 16.8 Å². The van der Waals surface area contributed by atoms with Gasteiger partial charge < -0.3 is 20.8 Å². The van der Waals surface area contributed by atoms with Crippen LogP contribution in [-0.4, -0.2) is 37.2 Å². The van der Waals surface area contributed by atoms with Gasteiger partial charge in [-0.25, -0.2) is 4.39 Å². The highest BCUT2D eigenvalue weighted by Gasteiger charge is 2.26. The molecule has 0 radical (unpaired) electrons. The lowest BCUT2D eigenvalue weighted by atomic mass is 9.82. The van der Waals surface area contributed by atoms with Crippen molar-refractivity contribution in [3.8, 4) is 0 Å². The molecule has 0 bridgehead atoms. The number of carbonyl (C=O) groups excluding carboxylic acids is 1. The van der Waals surface area contributed by atoms with E-state index >= 15 is 0 Å². The molecule has 0 unspecified atom stereocenters. The number of aromatic amines is 1. The molecule has 1 heterocycles. The molecule has 1 amide bonds. The van der Waals surface area contributed by atoms with Crippen LogP contribution in [-0.2, 0) is 4.74 Å². The minimum Gasteiger partial charge on any atom is -0.380 e. The zero-order valence-electron chi connectivity index (χ0n) is 15.2. The summed E-state index contributed by atoms with van der Waals surface area (Å²) in [6, 6.07) is 4.70. The third-order valence-electron chi connectivity index (χ3n) is 5.05. The Morgan fingerprint density at radius 2 is 2.08 bits per heavy atom. The van der Waals surface area contributed by atoms with Crippen molar-refractivity contribution in [1.29, 1.82) is 0 Å². The lowest BCUT2D eigenvalue weighted by Gasteiger charge is -2.22. The van der Waals surface area contributed by atoms with Gasteiger partial charge in [0.25, 0.3) is 5.91 Å². The quantitative estimate of drug-likeness (QED) is 0.630. The van der Waals surface area contributed by atoms with Crippen LogP contribution in [0.1, 0.15) is 60.5 Å². The lowest BCUT2D eigenvalue weighted by molar-refractivity contribution is 0.0937. The fourth-order valence-corrected chi connectivity index (χ4v) is 3.83. The Hall–Kier alpha value is -1.92. The third kappa shape index (κ3) is 4.43. The molecular formula is C20H28FN3O2. The highest BCUT2D eigenvalue weighted by atomic mass is 19.1. The summed E-state index contributed by atoms with van der Waals surface area (Å²) in [4.78, 5) is 16.0. The van der Waals surface area contributed by atoms with Crippen LogP contribution in [0.3, 0.4) is 0 Å². The summed E-state index contributed by atoms with van der Waals surface area (Å²) in [5, 5.41) is 3.80. The number of ether oxygens (including phenoxy) is 1. The molecule has 1 aromatic heterocycles. The van der Waals surface area contributed by atoms with E-state index in [4.69, 9.17) is 10.5 Å². The summed E-state index contributed by atoms with van der Waals surface area (Å²) in [6.07, 6.45) is 6.39. The number of amides is 1. The van der Waals surface area contributed by atoms with Gasteiger partial charge in [-0.15, -0.1) is 0 Å². The van der Waals surface area contributed by atoms with Gasteiger partial charge in [0.05, 0.1) is 6.61 Å². The molecule has 1 fully saturated rings. The Morgan fingerprint density at radius 1 is 1.27 bits per heavy atom. The predicted octanol–water partition coefficient (Wildman–Crippen LogP) is 3.45. The number of halogens is 1. The smallest absolute Gasteiger partial charge is 0.268 e. The molecule has 1 aromatic carbocycles. The first-order chi connectivity index (χ1) is 12.7. The number of carbonyl (C=O) groups is 1. The van der Waals surface area contributed by atoms with E-state index in [1.807, 2.05) is 0 Å². The summed E-state index contributed by atoms with van der Waals surface area (Å²) in [7, 11) is 0. The molecule has 4 N–H and O–H groups in total. The first kappa shape index (κ1) is 18.9. The van der Waals surface area contributed by atoms with Gasteiger partial charge in [-0.05, 0) is 48.9 Å². The number of hydrogen-bond donors (Lipinski definition) is 3. The Kier molecular flexibility index (Phi) is 6.63. The van der Waals surface area contributed by atoms with E-state index in [1.165, 1.54) is 12.5 Å². The van der Waals surface area contributed by atoms with Crippen molar-refractivity contribution in [1.82, 2.24) is 10.3 Å². The van der Waals surface area contributed by atoms with Crippen LogP contribution in [0.15, 0.2) is 18.2 Å². The maximum atomic E-state index is 13.8. The average molecular weight is 361 g/mol. The summed E-state index contributed by atoms with van der Waals surface area (Å²) in [5.41, 5.74) is 7.77. The predicted molar refractivity (Wildman–Crippen MR) is 101 cm³/mol. The number of aromatic nitrogens is 1. The van der Waals surface area contributed by atoms with E-state index in [0.717, 1.165) is 48.6 Å². The van der Waals surface area contributed by atoms with Crippen LogP contribution in [0, 0.1) is 5.82 Å². The maximum Gasteiger partial charge on any atom is 0.268 e. The molecular weight excluding hydrogens is 333 g/mol. The molecule has 5 nitrogen and oxygen atoms in total. The van der Waals surface area contributed by atoms with Crippen molar-refractivity contribution in [2.45, 2.75) is 44.4 Å². The topological polar surface area (TPSA) is 80.1 Å². The molecule has 0 saturated heterocycles. The van der Waals surface area contributed by atoms with Crippen LogP contribution in [0.4, 0.5) is 4.39 Å². The Labute approximate surface area is 153 Å². The molecule has 0 spiro atoms. The van der Waals surface area contributed by atoms with E-state index in [9.17, 15) is 9.18 Å². The second-order valence-corrected chi connectivity index (χ2v) is 6.95. The van der Waals surface area contributed by atoms with Gasteiger partial charge in [-0.1, -0.05) is 19.3 Å². The van der Waals surface area contributed by atoms with Gasteiger partial charge in [-0.2, -0.15) is 0 Å². The number of hydrogen-bond acceptors (Lipinski definition) is 3. The summed E-state index contributed by atoms with van der Waals surface area (Å²) in [5.74, 6) is -0.0773. The monoisotopic (exact) mass is 361 g/mol. The summed E-state index contributed by atoms with van der Waals surface area (Å²) < 4.78 is 19.1. The number of benzene rings is 1. The van der Waals surface area contributed by atoms with Gasteiger partial charge in [0, 0.05) is 30.6 Å². The number of H-pyrrole nitrogens is 1. The molecule has 0 aliphatic heterocycles. The molecule has 6 heteroatoms. The zero-order chi connectivity index (χ0) is 18.4. The first-order valence-corrected chi connectivity index (χ1v) is 9.58. The number of rotatable bonds is 8. The van der Waals surface area contributed by atoms with Crippen molar-refractivity contribution in [3.63, 3.8) is 0 Å². The van der Waals surface area contributed by atoms with Gasteiger partial charge in [-0.3, -0.25) is 4.79 Å². The Bertz CT molecular complexity index is 738. The van der Waals surface area contributed by atoms with Crippen LogP contribution in [0.2, 0.25) is 0 Å². The minimum atomic E-state index is -0.266. The molecule has 0 atom stereocenters. The van der Waals surface area contributed by atoms with E-state index in [0.29, 0.717) is 37.9 Å². The molecule has 3 rings (SSSR count). The SMILES string of the molecule is NCCOCCCNC(=O)c1[nH]c2ccc(F)cc2c1C1CCCCC1. The van der Waals surface area contributed by atoms with Crippen molar-refractivity contribution in [2.24, 2.45) is 5.73 Å². The van der Waals surface area contributed by atoms with Crippen LogP contribution >= 0.6 is 0 Å². The Balaban J connectivity index is 1.76. The zero-order valence-corrected chi connectivity index (χ0v) is 15.2. The normalized spacial score (nSPS) is 15.5. The molecule has 142 valence electrons. The average Bonchev–Trinajstić information content (AvgIpc) is 3.03. The van der Waals surface area contributed by atoms with Gasteiger partial charge in [0.2, 0.25) is 0 Å². The fraction of sp³-hybridized carbons (Fsp3) is 0.550. The van der Waals surface area contributed by atoms with E-state index in [2.05, 4.69) is 10.3 Å². The van der Waals surface area contributed by atoms with Gasteiger partial charge >= 0.3 is 0 Å². The fourth-order valence-electron chi connectivity index (χ4n) is 3.83. The second-order valence-electron chi connectivity index (χ2n) is 6.95. The standard InChI is InChI=1S/C20H28FN3O2/c21-15-7-8-17-16(13-15)18(14-5-2-1-3-6-14)19(24-17)20(25)23-10-4-11-26-12-9-22/h7-8,13-14,24H,1-6,9-12,22H2,(H,23,25). The highest BCUT2D eigenvalue weighted by molar-refractivity contribution is 6.01. The maximum absolute atomic E-state index is 13.8. The van der Waals surface area contributed by atoms with Crippen molar-refractivity contribution < 1.29 is 13.9 Å². The van der Waals surface area contributed by atoms with Crippen LogP contribution in [0.5, 0.6) is 0 Å². The molecule has 1 aliphatic rings. The van der Waals surface area contributed by atoms with Crippen LogP contribution in [0.25, 0.3) is 10.9 Å². The van der Waals surface area contributed by atoms with Gasteiger partial charge in [0.15, 0.2) is 0 Å². The Morgan fingerprint density at radius 3 is 2.85 bits per heavy atom. The minimum absolute atomic E-state index is 0.124. The number of fused-ring (bicyclic) bond motifs is 1. The molecule has 2 aromatic rings. The first-order valence-electron chi connectivity index (χ1n) is 9.58. The highest BCUT2D eigenvalue weighted by Crippen LogP contribution is 2.38. The number of nitrogens with two attached hydrogens (primary N) is 1. The van der Waals surface area contributed by atoms with Crippen molar-refractivity contribution in [3.05, 3.63) is 35.3 Å². The van der Waals surface area contributed by atoms with E-state index < -0.39 is 0 Å². The van der Waals surface area contributed by atoms with Crippen molar-refractivity contribution in [2.75, 3.05) is 26.3 Å². The van der Waals surface area contributed by atoms with Gasteiger partial charge in [0.1, 0.15) is 11.5 Å². The van der Waals surface area contributed by atoms with E-state index in [1.54, 1.807) is 12.1 Å². The largest absolute Gasteiger partial charge is 0.380 e. The van der Waals surface area contributed by atoms with Crippen LogP contribution < -0.4 is 11.1 Å². The third-order valence-corrected chi connectivity index (χ3v) is 5.05. The lowest BCUT2D eigenvalue weighted by Crippen LogP contribution is -2.27. The van der Waals surface area contributed by atoms with E-state index in [-0.39, 0.29) is 11.7 Å². The number of nitrogens with one attached hydrogen (secondary N) is 2. The second kappa shape index (κ2) is 9.14.